The van der Waals surface area contributed by atoms with Crippen LogP contribution in [0, 0.1) is 6.92 Å². The maximum atomic E-state index is 12.0. The average Bonchev–Trinajstić information content (AvgIpc) is 3.43. The standard InChI is InChI=1S/C22H32N3O7PS/c1-15-8-9-18-17(13-15)25(22(27)32-18)10-4-6-12-31-33(28,29)30-11-5-2-3-7-19-20-16(14-34-19)23-21(26)24-20/h8-9,13,16,19-20H,2-7,10-12,14H2,1H3,(H,28,29)(H2,23,24,26)/p-1/t16-,19-,20-/m0/s1. The molecule has 1 aromatic carbocycles. The number of nitrogens with zero attached hydrogens (tertiary/aromatic N) is 1. The summed E-state index contributed by atoms with van der Waals surface area (Å²) >= 11 is 1.87. The number of urea groups is 1. The van der Waals surface area contributed by atoms with Crippen LogP contribution in [0.4, 0.5) is 4.79 Å². The number of aryl methyl sites for hydroxylation is 2. The van der Waals surface area contributed by atoms with Gasteiger partial charge in [-0.3, -0.25) is 9.13 Å². The van der Waals surface area contributed by atoms with E-state index in [1.807, 2.05) is 30.8 Å². The van der Waals surface area contributed by atoms with Crippen molar-refractivity contribution in [2.24, 2.45) is 0 Å². The normalized spacial score (nSPS) is 23.6. The van der Waals surface area contributed by atoms with Gasteiger partial charge in [0.05, 0.1) is 30.8 Å². The summed E-state index contributed by atoms with van der Waals surface area (Å²) in [6.07, 6.45) is 4.44. The second-order valence-electron chi connectivity index (χ2n) is 8.78. The summed E-state index contributed by atoms with van der Waals surface area (Å²) in [5.74, 6) is 0.513. The number of amides is 2. The molecule has 2 aliphatic rings. The molecule has 4 atom stereocenters. The molecule has 188 valence electrons. The average molecular weight is 513 g/mol. The number of thioether (sulfide) groups is 1. The SMILES string of the molecule is Cc1ccc2oc(=O)n(CCCCOP(=O)([O-])OCCCCC[C@@H]3SC[C@@H]4NC(=O)N[C@@H]43)c2c1. The number of aromatic nitrogens is 1. The van der Waals surface area contributed by atoms with Crippen molar-refractivity contribution in [1.29, 1.82) is 0 Å². The van der Waals surface area contributed by atoms with Gasteiger partial charge in [-0.05, 0) is 50.3 Å². The van der Waals surface area contributed by atoms with Crippen molar-refractivity contribution in [2.45, 2.75) is 69.3 Å². The molecule has 2 fully saturated rings. The number of hydrogen-bond acceptors (Lipinski definition) is 8. The zero-order chi connectivity index (χ0) is 24.1. The van der Waals surface area contributed by atoms with Gasteiger partial charge < -0.3 is 29.0 Å². The van der Waals surface area contributed by atoms with Crippen LogP contribution < -0.4 is 21.3 Å². The van der Waals surface area contributed by atoms with Crippen molar-refractivity contribution in [3.63, 3.8) is 0 Å². The molecule has 12 heteroatoms. The van der Waals surface area contributed by atoms with Gasteiger partial charge in [0.2, 0.25) is 0 Å². The number of carbonyl (C=O) groups is 1. The minimum absolute atomic E-state index is 0.00551. The molecule has 1 unspecified atom stereocenters. The Bertz CT molecular complexity index is 1100. The number of phosphoric acid groups is 1. The molecule has 1 aromatic heterocycles. The van der Waals surface area contributed by atoms with Crippen LogP contribution in [0.15, 0.2) is 27.4 Å². The number of phosphoric ester groups is 1. The van der Waals surface area contributed by atoms with E-state index < -0.39 is 13.6 Å². The van der Waals surface area contributed by atoms with Gasteiger partial charge in [-0.25, -0.2) is 9.59 Å². The van der Waals surface area contributed by atoms with Crippen LogP contribution >= 0.6 is 19.6 Å². The van der Waals surface area contributed by atoms with E-state index in [9.17, 15) is 19.0 Å². The first-order chi connectivity index (χ1) is 16.3. The lowest BCUT2D eigenvalue weighted by Crippen LogP contribution is -2.36. The van der Waals surface area contributed by atoms with Gasteiger partial charge in [0.25, 0.3) is 7.82 Å². The monoisotopic (exact) mass is 512 g/mol. The van der Waals surface area contributed by atoms with Crippen LogP contribution in [-0.2, 0) is 20.2 Å². The highest BCUT2D eigenvalue weighted by atomic mass is 32.2. The van der Waals surface area contributed by atoms with Crippen molar-refractivity contribution in [2.75, 3.05) is 19.0 Å². The van der Waals surface area contributed by atoms with Gasteiger partial charge in [0.15, 0.2) is 5.58 Å². The van der Waals surface area contributed by atoms with Crippen LogP contribution in [0.5, 0.6) is 0 Å². The van der Waals surface area contributed by atoms with Crippen LogP contribution in [0.1, 0.15) is 44.1 Å². The Morgan fingerprint density at radius 2 is 1.91 bits per heavy atom. The van der Waals surface area contributed by atoms with Gasteiger partial charge in [-0.15, -0.1) is 0 Å². The quantitative estimate of drug-likeness (QED) is 0.238. The third kappa shape index (κ3) is 6.46. The van der Waals surface area contributed by atoms with Crippen molar-refractivity contribution < 1.29 is 27.7 Å². The van der Waals surface area contributed by atoms with E-state index in [-0.39, 0.29) is 31.3 Å². The van der Waals surface area contributed by atoms with Gasteiger partial charge >= 0.3 is 11.8 Å². The van der Waals surface area contributed by atoms with E-state index in [0.29, 0.717) is 36.6 Å². The third-order valence-corrected chi connectivity index (χ3v) is 8.68. The molecular weight excluding hydrogens is 481 g/mol. The molecule has 0 spiro atoms. The number of benzene rings is 1. The van der Waals surface area contributed by atoms with E-state index >= 15 is 0 Å². The van der Waals surface area contributed by atoms with E-state index in [4.69, 9.17) is 13.5 Å². The van der Waals surface area contributed by atoms with E-state index in [2.05, 4.69) is 10.6 Å². The summed E-state index contributed by atoms with van der Waals surface area (Å²) in [5, 5.41) is 6.30. The zero-order valence-corrected chi connectivity index (χ0v) is 20.9. The molecule has 2 amide bonds. The van der Waals surface area contributed by atoms with Crippen molar-refractivity contribution in [3.8, 4) is 0 Å². The topological polar surface area (TPSA) is 135 Å². The van der Waals surface area contributed by atoms with Crippen LogP contribution in [0.25, 0.3) is 11.1 Å². The highest BCUT2D eigenvalue weighted by molar-refractivity contribution is 8.00. The summed E-state index contributed by atoms with van der Waals surface area (Å²) < 4.78 is 28.6. The lowest BCUT2D eigenvalue weighted by Gasteiger charge is -2.22. The number of rotatable bonds is 13. The van der Waals surface area contributed by atoms with Crippen LogP contribution in [0.2, 0.25) is 0 Å². The fourth-order valence-corrected chi connectivity index (χ4v) is 6.74. The minimum atomic E-state index is -4.34. The Morgan fingerprint density at radius 3 is 2.71 bits per heavy atom. The van der Waals surface area contributed by atoms with Gasteiger partial charge in [-0.2, -0.15) is 11.8 Å². The summed E-state index contributed by atoms with van der Waals surface area (Å²) in [6, 6.07) is 5.87. The smallest absolute Gasteiger partial charge is 0.419 e. The number of carbonyl (C=O) groups excluding carboxylic acids is 1. The highest BCUT2D eigenvalue weighted by Crippen LogP contribution is 2.39. The molecule has 2 saturated heterocycles. The van der Waals surface area contributed by atoms with Gasteiger partial charge in [0, 0.05) is 17.5 Å². The second kappa shape index (κ2) is 11.3. The highest BCUT2D eigenvalue weighted by Gasteiger charge is 2.42. The molecular formula is C22H31N3O7PS-. The minimum Gasteiger partial charge on any atom is -0.756 e. The Kier molecular flexibility index (Phi) is 8.42. The molecule has 2 aromatic rings. The summed E-state index contributed by atoms with van der Waals surface area (Å²) in [6.45, 7) is 2.46. The number of unbranched alkanes of at least 4 members (excludes halogenated alkanes) is 3. The Hall–Kier alpha value is -1.78. The molecule has 0 radical (unpaired) electrons. The molecule has 4 rings (SSSR count). The number of hydrogen-bond donors (Lipinski definition) is 2. The second-order valence-corrected chi connectivity index (χ2v) is 11.5. The molecule has 0 saturated carbocycles. The largest absolute Gasteiger partial charge is 0.756 e. The molecule has 10 nitrogen and oxygen atoms in total. The first kappa shape index (κ1) is 25.3. The predicted molar refractivity (Wildman–Crippen MR) is 128 cm³/mol. The van der Waals surface area contributed by atoms with Crippen molar-refractivity contribution in [3.05, 3.63) is 34.3 Å². The fourth-order valence-electron chi connectivity index (χ4n) is 4.41. The maximum absolute atomic E-state index is 12.0. The third-order valence-electron chi connectivity index (χ3n) is 6.17. The lowest BCUT2D eigenvalue weighted by atomic mass is 10.0. The lowest BCUT2D eigenvalue weighted by molar-refractivity contribution is -0.225. The summed E-state index contributed by atoms with van der Waals surface area (Å²) in [5.41, 5.74) is 2.30. The molecule has 2 aliphatic heterocycles. The fraction of sp³-hybridized carbons (Fsp3) is 0.636. The predicted octanol–water partition coefficient (Wildman–Crippen LogP) is 2.91. The molecule has 34 heavy (non-hydrogen) atoms. The van der Waals surface area contributed by atoms with Gasteiger partial charge in [0.1, 0.15) is 0 Å². The maximum Gasteiger partial charge on any atom is 0.419 e. The Morgan fingerprint density at radius 1 is 1.15 bits per heavy atom. The van der Waals surface area contributed by atoms with E-state index in [0.717, 1.165) is 36.1 Å². The van der Waals surface area contributed by atoms with Crippen LogP contribution in [-0.4, -0.2) is 46.9 Å². The number of oxazole rings is 1. The zero-order valence-electron chi connectivity index (χ0n) is 19.2. The van der Waals surface area contributed by atoms with Gasteiger partial charge in [-0.1, -0.05) is 18.9 Å². The number of fused-ring (bicyclic) bond motifs is 2. The summed E-state index contributed by atoms with van der Waals surface area (Å²) in [4.78, 5) is 35.4. The molecule has 2 N–H and O–H groups in total. The number of nitrogens with one attached hydrogen (secondary N) is 2. The Labute approximate surface area is 202 Å². The molecule has 0 aliphatic carbocycles. The van der Waals surface area contributed by atoms with Crippen molar-refractivity contribution in [1.82, 2.24) is 15.2 Å². The summed E-state index contributed by atoms with van der Waals surface area (Å²) in [7, 11) is -4.34. The molecule has 3 heterocycles. The first-order valence-corrected chi connectivity index (χ1v) is 14.2. The van der Waals surface area contributed by atoms with E-state index in [1.165, 1.54) is 0 Å². The van der Waals surface area contributed by atoms with Crippen molar-refractivity contribution >= 4 is 36.7 Å². The van der Waals surface area contributed by atoms with Crippen LogP contribution in [0.3, 0.4) is 0 Å². The first-order valence-electron chi connectivity index (χ1n) is 11.7. The Balaban J connectivity index is 1.07. The van der Waals surface area contributed by atoms with E-state index in [1.54, 1.807) is 10.6 Å². The molecule has 0 bridgehead atoms.